The van der Waals surface area contributed by atoms with Gasteiger partial charge in [0.25, 0.3) is 40.5 Å². The van der Waals surface area contributed by atoms with Gasteiger partial charge in [0.1, 0.15) is 21.2 Å². The van der Waals surface area contributed by atoms with E-state index in [0.29, 0.717) is 35.3 Å². The van der Waals surface area contributed by atoms with Crippen LogP contribution in [0.3, 0.4) is 0 Å². The zero-order chi connectivity index (χ0) is 31.3. The molecule has 6 N–H and O–H groups in total. The average Bonchev–Trinajstić information content (AvgIpc) is 2.80. The third-order valence-corrected chi connectivity index (χ3v) is 8.67. The van der Waals surface area contributed by atoms with Crippen LogP contribution in [0, 0.1) is 0 Å². The molecular weight excluding hydrogens is 636 g/mol. The smallest absolute Gasteiger partial charge is 0.296 e. The minimum Gasteiger partial charge on any atom is -0.505 e. The fraction of sp³-hybridized carbons (Fsp3) is 0.105. The number of carbonyl (C=O) groups is 1. The number of azo groups is 1. The number of aromatic hydroxyl groups is 1. The Labute approximate surface area is 231 Å². The third-order valence-electron chi connectivity index (χ3n) is 5.22. The van der Waals surface area contributed by atoms with Gasteiger partial charge in [0.2, 0.25) is 5.91 Å². The van der Waals surface area contributed by atoms with Gasteiger partial charge in [0, 0.05) is 14.0 Å². The van der Waals surface area contributed by atoms with Crippen LogP contribution in [-0.2, 0) is 45.3 Å². The van der Waals surface area contributed by atoms with E-state index >= 15 is 0 Å². The predicted octanol–water partition coefficient (Wildman–Crippen LogP) is 1.43. The van der Waals surface area contributed by atoms with E-state index in [4.69, 9.17) is 0 Å². The van der Waals surface area contributed by atoms with Crippen molar-refractivity contribution < 1.29 is 61.8 Å². The number of anilines is 1. The second-order valence-electron chi connectivity index (χ2n) is 7.92. The summed E-state index contributed by atoms with van der Waals surface area (Å²) in [6.45, 7) is 1.01. The van der Waals surface area contributed by atoms with Gasteiger partial charge in [-0.2, -0.15) is 33.7 Å². The van der Waals surface area contributed by atoms with Crippen LogP contribution in [0.2, 0.25) is 0 Å². The molecule has 0 aliphatic carbocycles. The Kier molecular flexibility index (Phi) is 8.30. The van der Waals surface area contributed by atoms with Gasteiger partial charge in [0.15, 0.2) is 5.75 Å². The predicted molar refractivity (Wildman–Crippen MR) is 138 cm³/mol. The number of benzene rings is 3. The van der Waals surface area contributed by atoms with Gasteiger partial charge >= 0.3 is 0 Å². The normalized spacial score (nSPS) is 13.1. The number of phenolic OH excluding ortho intramolecular Hbond substituents is 1. The monoisotopic (exact) mass is 654 g/mol. The summed E-state index contributed by atoms with van der Waals surface area (Å²) in [6.07, 6.45) is 0. The van der Waals surface area contributed by atoms with Crippen molar-refractivity contribution in [1.29, 1.82) is 0 Å². The molecule has 1 amide bonds. The van der Waals surface area contributed by atoms with Crippen molar-refractivity contribution in [3.63, 3.8) is 0 Å². The summed E-state index contributed by atoms with van der Waals surface area (Å²) in [5, 5.41) is 17.6. The van der Waals surface area contributed by atoms with Crippen LogP contribution in [0.5, 0.6) is 5.75 Å². The fourth-order valence-corrected chi connectivity index (χ4v) is 5.86. The van der Waals surface area contributed by atoms with Crippen molar-refractivity contribution in [1.82, 2.24) is 5.43 Å². The Morgan fingerprint density at radius 2 is 1.32 bits per heavy atom. The maximum Gasteiger partial charge on any atom is 0.296 e. The highest BCUT2D eigenvalue weighted by molar-refractivity contribution is 7.86. The van der Waals surface area contributed by atoms with E-state index in [0.717, 1.165) is 13.0 Å². The maximum absolute atomic E-state index is 12.2. The number of hydrogen-bond acceptors (Lipinski definition) is 13. The first kappa shape index (κ1) is 31.9. The van der Waals surface area contributed by atoms with Gasteiger partial charge in [0.05, 0.1) is 20.9 Å². The molecule has 0 radical (unpaired) electrons. The van der Waals surface area contributed by atoms with Crippen molar-refractivity contribution in [3.05, 3.63) is 36.4 Å². The van der Waals surface area contributed by atoms with Crippen molar-refractivity contribution in [2.24, 2.45) is 10.2 Å². The molecule has 0 aromatic heterocycles. The largest absolute Gasteiger partial charge is 0.505 e. The Morgan fingerprint density at radius 3 is 1.78 bits per heavy atom. The van der Waals surface area contributed by atoms with E-state index in [1.807, 2.05) is 0 Å². The standard InChI is InChI=1S/C19H18N4O14S4/c1-9(24)23(20-2)14-8-12(39(29,30)31)5-10-6-16(41(35,36)37)18(19(25)17(10)14)22-21-13-7-11(38(26,27)28)3-4-15(13)40(32,33)34/h3-8,20,25H,1-2H3,(H,26,27,28)(H,29,30,31)(H,32,33,34)(H,35,36,37). The highest BCUT2D eigenvalue weighted by atomic mass is 32.2. The van der Waals surface area contributed by atoms with Crippen LogP contribution in [0.25, 0.3) is 10.8 Å². The second-order valence-corrected chi connectivity index (χ2v) is 13.5. The average molecular weight is 655 g/mol. The molecule has 0 bridgehead atoms. The van der Waals surface area contributed by atoms with Crippen LogP contribution >= 0.6 is 0 Å². The van der Waals surface area contributed by atoms with Crippen molar-refractivity contribution in [3.8, 4) is 5.75 Å². The summed E-state index contributed by atoms with van der Waals surface area (Å²) in [5.41, 5.74) is -0.203. The number of hydrogen-bond donors (Lipinski definition) is 6. The second kappa shape index (κ2) is 10.7. The van der Waals surface area contributed by atoms with Gasteiger partial charge in [-0.15, -0.1) is 10.2 Å². The van der Waals surface area contributed by atoms with E-state index in [1.54, 1.807) is 0 Å². The number of phenols is 1. The molecule has 0 unspecified atom stereocenters. The molecule has 0 atom stereocenters. The Balaban J connectivity index is 2.53. The summed E-state index contributed by atoms with van der Waals surface area (Å²) < 4.78 is 133. The maximum atomic E-state index is 12.2. The first-order chi connectivity index (χ1) is 18.6. The molecule has 3 aromatic rings. The Morgan fingerprint density at radius 1 is 0.756 bits per heavy atom. The molecule has 0 aliphatic rings. The van der Waals surface area contributed by atoms with E-state index in [9.17, 15) is 61.8 Å². The Hall–Kier alpha value is -3.61. The molecule has 222 valence electrons. The summed E-state index contributed by atoms with van der Waals surface area (Å²) >= 11 is 0. The first-order valence-electron chi connectivity index (χ1n) is 10.3. The summed E-state index contributed by atoms with van der Waals surface area (Å²) in [5.74, 6) is -1.99. The quantitative estimate of drug-likeness (QED) is 0.114. The molecule has 0 heterocycles. The number of amides is 1. The highest BCUT2D eigenvalue weighted by Crippen LogP contribution is 2.46. The first-order valence-corrected chi connectivity index (χ1v) is 16.1. The topological polar surface area (TPSA) is 295 Å². The molecule has 0 aliphatic heterocycles. The zero-order valence-electron chi connectivity index (χ0n) is 20.3. The molecule has 41 heavy (non-hydrogen) atoms. The SMILES string of the molecule is CNN(C(C)=O)c1cc(S(=O)(=O)O)cc2cc(S(=O)(=O)O)c(N=Nc3cc(S(=O)(=O)O)ccc3S(=O)(=O)O)c(O)c12. The van der Waals surface area contributed by atoms with Gasteiger partial charge < -0.3 is 5.11 Å². The lowest BCUT2D eigenvalue weighted by Gasteiger charge is -2.23. The fourth-order valence-electron chi connectivity index (χ4n) is 3.56. The van der Waals surface area contributed by atoms with Crippen molar-refractivity contribution in [2.45, 2.75) is 26.5 Å². The molecule has 18 nitrogen and oxygen atoms in total. The minimum absolute atomic E-state index is 0.426. The molecule has 3 aromatic carbocycles. The number of hydrazine groups is 1. The van der Waals surface area contributed by atoms with Gasteiger partial charge in [-0.3, -0.25) is 23.0 Å². The third kappa shape index (κ3) is 6.66. The van der Waals surface area contributed by atoms with Crippen LogP contribution in [-0.4, -0.2) is 69.9 Å². The van der Waals surface area contributed by atoms with Crippen LogP contribution in [0.4, 0.5) is 17.1 Å². The summed E-state index contributed by atoms with van der Waals surface area (Å²) in [6, 6.07) is 3.50. The van der Waals surface area contributed by atoms with E-state index in [-0.39, 0.29) is 0 Å². The molecule has 22 heteroatoms. The highest BCUT2D eigenvalue weighted by Gasteiger charge is 2.28. The molecular formula is C19H18N4O14S4. The number of rotatable bonds is 8. The Bertz CT molecular complexity index is 2080. The van der Waals surface area contributed by atoms with Gasteiger partial charge in [-0.05, 0) is 41.8 Å². The van der Waals surface area contributed by atoms with Crippen molar-refractivity contribution >= 4 is 74.2 Å². The van der Waals surface area contributed by atoms with Gasteiger partial charge in [-0.1, -0.05) is 0 Å². The van der Waals surface area contributed by atoms with Crippen molar-refractivity contribution in [2.75, 3.05) is 12.1 Å². The molecule has 0 fully saturated rings. The van der Waals surface area contributed by atoms with E-state index < -0.39 is 99.5 Å². The zero-order valence-corrected chi connectivity index (χ0v) is 23.6. The molecule has 0 saturated carbocycles. The number of nitrogens with zero attached hydrogens (tertiary/aromatic N) is 3. The molecule has 3 rings (SSSR count). The lowest BCUT2D eigenvalue weighted by atomic mass is 10.1. The van der Waals surface area contributed by atoms with Crippen LogP contribution in [0.1, 0.15) is 6.92 Å². The van der Waals surface area contributed by atoms with E-state index in [1.165, 1.54) is 7.05 Å². The van der Waals surface area contributed by atoms with Crippen LogP contribution < -0.4 is 10.4 Å². The molecule has 0 saturated heterocycles. The van der Waals surface area contributed by atoms with E-state index in [2.05, 4.69) is 15.7 Å². The van der Waals surface area contributed by atoms with Crippen LogP contribution in [0.15, 0.2) is 66.2 Å². The van der Waals surface area contributed by atoms with Gasteiger partial charge in [-0.25, -0.2) is 10.4 Å². The summed E-state index contributed by atoms with van der Waals surface area (Å²) in [7, 11) is -19.2. The summed E-state index contributed by atoms with van der Waals surface area (Å²) in [4.78, 5) is 8.09. The number of fused-ring (bicyclic) bond motifs is 1. The minimum atomic E-state index is -5.35. The number of carbonyl (C=O) groups excluding carboxylic acids is 1. The lowest BCUT2D eigenvalue weighted by Crippen LogP contribution is -2.39. The number of nitrogens with one attached hydrogen (secondary N) is 1. The molecule has 0 spiro atoms. The lowest BCUT2D eigenvalue weighted by molar-refractivity contribution is -0.117.